The second kappa shape index (κ2) is 6.36. The first-order valence-electron chi connectivity index (χ1n) is 5.55. The Morgan fingerprint density at radius 2 is 2.25 bits per heavy atom. The zero-order chi connectivity index (χ0) is 14.5. The zero-order valence-electron chi connectivity index (χ0n) is 10.3. The van der Waals surface area contributed by atoms with E-state index in [1.165, 1.54) is 17.4 Å². The summed E-state index contributed by atoms with van der Waals surface area (Å²) < 4.78 is 4.78. The van der Waals surface area contributed by atoms with Gasteiger partial charge in [0.05, 0.1) is 0 Å². The molecular weight excluding hydrogens is 298 g/mol. The van der Waals surface area contributed by atoms with Gasteiger partial charge in [0.15, 0.2) is 0 Å². The lowest BCUT2D eigenvalue weighted by molar-refractivity contribution is 0.0699. The number of rotatable bonds is 5. The number of amides is 1. The van der Waals surface area contributed by atoms with E-state index in [9.17, 15) is 14.7 Å². The van der Waals surface area contributed by atoms with Gasteiger partial charge in [-0.3, -0.25) is 5.32 Å². The fraction of sp³-hybridized carbons (Fsp3) is 0.0769. The molecule has 2 aromatic rings. The Morgan fingerprint density at radius 1 is 1.45 bits per heavy atom. The summed E-state index contributed by atoms with van der Waals surface area (Å²) in [5.41, 5.74) is 1.47. The maximum atomic E-state index is 11.5. The minimum Gasteiger partial charge on any atom is -0.478 e. The van der Waals surface area contributed by atoms with Crippen molar-refractivity contribution in [3.05, 3.63) is 40.4 Å². The highest BCUT2D eigenvalue weighted by Crippen LogP contribution is 2.36. The molecule has 2 rings (SSSR count). The molecule has 0 radical (unpaired) electrons. The largest absolute Gasteiger partial charge is 0.478 e. The highest BCUT2D eigenvalue weighted by molar-refractivity contribution is 7.15. The Hall–Kier alpha value is -2.12. The van der Waals surface area contributed by atoms with Crippen LogP contribution in [0, 0.1) is 0 Å². The SMILES string of the molecule is C=CCOC(=O)Nc1scc(-c2ccsc2)c1C(=O)O. The molecule has 0 aromatic carbocycles. The van der Waals surface area contributed by atoms with E-state index >= 15 is 0 Å². The first kappa shape index (κ1) is 14.3. The van der Waals surface area contributed by atoms with Gasteiger partial charge >= 0.3 is 12.1 Å². The molecule has 0 atom stereocenters. The van der Waals surface area contributed by atoms with Crippen LogP contribution in [0.25, 0.3) is 11.1 Å². The number of nitrogens with one attached hydrogen (secondary N) is 1. The summed E-state index contributed by atoms with van der Waals surface area (Å²) in [6.45, 7) is 3.49. The van der Waals surface area contributed by atoms with Crippen LogP contribution in [0.2, 0.25) is 0 Å². The average molecular weight is 309 g/mol. The van der Waals surface area contributed by atoms with E-state index in [2.05, 4.69) is 11.9 Å². The van der Waals surface area contributed by atoms with Crippen LogP contribution in [-0.2, 0) is 4.74 Å². The maximum absolute atomic E-state index is 11.5. The number of hydrogen-bond acceptors (Lipinski definition) is 5. The molecule has 7 heteroatoms. The standard InChI is InChI=1S/C13H11NO4S2/c1-2-4-18-13(17)14-11-10(12(15)16)9(7-20-11)8-3-5-19-6-8/h2-3,5-7H,1,4H2,(H,14,17)(H,15,16). The van der Waals surface area contributed by atoms with E-state index in [-0.39, 0.29) is 17.2 Å². The van der Waals surface area contributed by atoms with Crippen molar-refractivity contribution in [3.63, 3.8) is 0 Å². The highest BCUT2D eigenvalue weighted by atomic mass is 32.1. The van der Waals surface area contributed by atoms with Gasteiger partial charge in [0, 0.05) is 10.9 Å². The van der Waals surface area contributed by atoms with Crippen molar-refractivity contribution in [1.82, 2.24) is 0 Å². The van der Waals surface area contributed by atoms with Gasteiger partial charge in [0.25, 0.3) is 0 Å². The first-order valence-corrected chi connectivity index (χ1v) is 7.37. The molecule has 2 aromatic heterocycles. The number of carbonyl (C=O) groups excluding carboxylic acids is 1. The molecule has 104 valence electrons. The van der Waals surface area contributed by atoms with Crippen molar-refractivity contribution in [2.75, 3.05) is 11.9 Å². The van der Waals surface area contributed by atoms with Crippen LogP contribution in [0.4, 0.5) is 9.80 Å². The Bertz CT molecular complexity index is 631. The second-order valence-corrected chi connectivity index (χ2v) is 5.34. The Morgan fingerprint density at radius 3 is 2.85 bits per heavy atom. The minimum absolute atomic E-state index is 0.0665. The molecule has 0 aliphatic rings. The van der Waals surface area contributed by atoms with Crippen molar-refractivity contribution >= 4 is 39.7 Å². The number of ether oxygens (including phenoxy) is 1. The smallest absolute Gasteiger partial charge is 0.412 e. The van der Waals surface area contributed by atoms with E-state index in [0.717, 1.165) is 16.9 Å². The molecule has 0 spiro atoms. The molecule has 0 aliphatic heterocycles. The Labute approximate surface area is 123 Å². The van der Waals surface area contributed by atoms with Gasteiger partial charge in [-0.15, -0.1) is 11.3 Å². The summed E-state index contributed by atoms with van der Waals surface area (Å²) in [4.78, 5) is 22.9. The number of carbonyl (C=O) groups is 2. The molecule has 0 fully saturated rings. The summed E-state index contributed by atoms with van der Waals surface area (Å²) in [5, 5.41) is 17.4. The lowest BCUT2D eigenvalue weighted by Crippen LogP contribution is -2.14. The van der Waals surface area contributed by atoms with Crippen LogP contribution in [0.5, 0.6) is 0 Å². The van der Waals surface area contributed by atoms with Crippen LogP contribution in [0.1, 0.15) is 10.4 Å². The minimum atomic E-state index is -1.09. The molecule has 0 bridgehead atoms. The molecule has 0 unspecified atom stereocenters. The summed E-state index contributed by atoms with van der Waals surface area (Å²) in [6.07, 6.45) is 0.731. The van der Waals surface area contributed by atoms with E-state index in [0.29, 0.717) is 5.56 Å². The fourth-order valence-electron chi connectivity index (χ4n) is 1.56. The third-order valence-corrected chi connectivity index (χ3v) is 3.96. The summed E-state index contributed by atoms with van der Waals surface area (Å²) in [5.74, 6) is -1.09. The number of hydrogen-bond donors (Lipinski definition) is 2. The molecule has 0 saturated heterocycles. The number of anilines is 1. The molecule has 0 saturated carbocycles. The van der Waals surface area contributed by atoms with E-state index in [1.54, 1.807) is 5.38 Å². The molecule has 2 heterocycles. The topological polar surface area (TPSA) is 75.6 Å². The van der Waals surface area contributed by atoms with Crippen LogP contribution >= 0.6 is 22.7 Å². The van der Waals surface area contributed by atoms with Gasteiger partial charge in [-0.25, -0.2) is 9.59 Å². The first-order chi connectivity index (χ1) is 9.63. The summed E-state index contributed by atoms with van der Waals surface area (Å²) >= 11 is 2.63. The van der Waals surface area contributed by atoms with Crippen molar-refractivity contribution in [1.29, 1.82) is 0 Å². The monoisotopic (exact) mass is 309 g/mol. The van der Waals surface area contributed by atoms with Crippen molar-refractivity contribution in [2.24, 2.45) is 0 Å². The zero-order valence-corrected chi connectivity index (χ0v) is 11.9. The molecule has 20 heavy (non-hydrogen) atoms. The van der Waals surface area contributed by atoms with Gasteiger partial charge in [-0.2, -0.15) is 11.3 Å². The Kier molecular flexibility index (Phi) is 4.54. The molecule has 5 nitrogen and oxygen atoms in total. The third kappa shape index (κ3) is 3.06. The van der Waals surface area contributed by atoms with Crippen molar-refractivity contribution in [3.8, 4) is 11.1 Å². The van der Waals surface area contributed by atoms with Crippen molar-refractivity contribution < 1.29 is 19.4 Å². The molecular formula is C13H11NO4S2. The fourth-order valence-corrected chi connectivity index (χ4v) is 3.16. The lowest BCUT2D eigenvalue weighted by Gasteiger charge is -2.05. The number of thiophene rings is 2. The number of carboxylic acid groups (broad SMARTS) is 1. The molecule has 1 amide bonds. The van der Waals surface area contributed by atoms with E-state index in [4.69, 9.17) is 4.74 Å². The Balaban J connectivity index is 2.28. The highest BCUT2D eigenvalue weighted by Gasteiger charge is 2.21. The number of aromatic carboxylic acids is 1. The predicted molar refractivity (Wildman–Crippen MR) is 79.8 cm³/mol. The average Bonchev–Trinajstić information content (AvgIpc) is 3.04. The van der Waals surface area contributed by atoms with Crippen LogP contribution in [-0.4, -0.2) is 23.8 Å². The maximum Gasteiger partial charge on any atom is 0.412 e. The van der Waals surface area contributed by atoms with Crippen LogP contribution < -0.4 is 5.32 Å². The van der Waals surface area contributed by atoms with Crippen molar-refractivity contribution in [2.45, 2.75) is 0 Å². The van der Waals surface area contributed by atoms with Crippen LogP contribution in [0.15, 0.2) is 34.9 Å². The van der Waals surface area contributed by atoms with E-state index < -0.39 is 12.1 Å². The van der Waals surface area contributed by atoms with Gasteiger partial charge in [0.1, 0.15) is 17.2 Å². The summed E-state index contributed by atoms with van der Waals surface area (Å²) in [6, 6.07) is 1.83. The molecule has 0 aliphatic carbocycles. The quantitative estimate of drug-likeness (QED) is 0.821. The lowest BCUT2D eigenvalue weighted by atomic mass is 10.1. The number of carboxylic acids is 1. The third-order valence-electron chi connectivity index (χ3n) is 2.38. The summed E-state index contributed by atoms with van der Waals surface area (Å²) in [7, 11) is 0. The molecule has 2 N–H and O–H groups in total. The predicted octanol–water partition coefficient (Wildman–Crippen LogP) is 3.91. The van der Waals surface area contributed by atoms with E-state index in [1.807, 2.05) is 16.8 Å². The van der Waals surface area contributed by atoms with Crippen LogP contribution in [0.3, 0.4) is 0 Å². The van der Waals surface area contributed by atoms with Gasteiger partial charge in [0.2, 0.25) is 0 Å². The second-order valence-electron chi connectivity index (χ2n) is 3.68. The van der Waals surface area contributed by atoms with Gasteiger partial charge in [-0.1, -0.05) is 12.7 Å². The normalized spacial score (nSPS) is 10.0. The van der Waals surface area contributed by atoms with Gasteiger partial charge in [-0.05, 0) is 22.4 Å². The van der Waals surface area contributed by atoms with Gasteiger partial charge < -0.3 is 9.84 Å².